The molecule has 1 N–H and O–H groups in total. The smallest absolute Gasteiger partial charge is 0.307 e. The van der Waals surface area contributed by atoms with E-state index in [1.54, 1.807) is 0 Å². The Hall–Kier alpha value is -0.570. The van der Waals surface area contributed by atoms with Crippen molar-refractivity contribution >= 4 is 5.97 Å². The van der Waals surface area contributed by atoms with Gasteiger partial charge in [-0.1, -0.05) is 0 Å². The summed E-state index contributed by atoms with van der Waals surface area (Å²) in [5.74, 6) is -0.146. The summed E-state index contributed by atoms with van der Waals surface area (Å²) in [6.45, 7) is 6.27. The Kier molecular flexibility index (Phi) is 4.11. The van der Waals surface area contributed by atoms with Crippen LogP contribution < -0.4 is 5.32 Å². The topological polar surface area (TPSA) is 38.3 Å². The molecule has 0 unspecified atom stereocenters. The first-order valence-electron chi connectivity index (χ1n) is 3.82. The standard InChI is InChI=1S/C8H17NO2/c1-8(2,3)11-7(10)5-6-9-4/h9H,5-6H2,1-4H3. The number of esters is 1. The van der Waals surface area contributed by atoms with E-state index < -0.39 is 0 Å². The van der Waals surface area contributed by atoms with Crippen LogP contribution in [-0.4, -0.2) is 25.2 Å². The maximum atomic E-state index is 11.0. The summed E-state index contributed by atoms with van der Waals surface area (Å²) >= 11 is 0. The second-order valence-electron chi connectivity index (χ2n) is 3.44. The number of ether oxygens (including phenoxy) is 1. The van der Waals surface area contributed by atoms with Crippen molar-refractivity contribution in [2.75, 3.05) is 13.6 Å². The van der Waals surface area contributed by atoms with Gasteiger partial charge in [0.25, 0.3) is 0 Å². The Labute approximate surface area is 68.1 Å². The van der Waals surface area contributed by atoms with Crippen molar-refractivity contribution in [2.24, 2.45) is 0 Å². The molecule has 0 aromatic heterocycles. The van der Waals surface area contributed by atoms with E-state index in [0.29, 0.717) is 13.0 Å². The van der Waals surface area contributed by atoms with Gasteiger partial charge < -0.3 is 10.1 Å². The van der Waals surface area contributed by atoms with E-state index in [4.69, 9.17) is 4.74 Å². The maximum absolute atomic E-state index is 11.0. The van der Waals surface area contributed by atoms with E-state index in [-0.39, 0.29) is 11.6 Å². The van der Waals surface area contributed by atoms with Gasteiger partial charge in [-0.05, 0) is 27.8 Å². The summed E-state index contributed by atoms with van der Waals surface area (Å²) in [7, 11) is 1.81. The van der Waals surface area contributed by atoms with Crippen molar-refractivity contribution < 1.29 is 9.53 Å². The number of rotatable bonds is 3. The highest BCUT2D eigenvalue weighted by molar-refractivity contribution is 5.70. The van der Waals surface area contributed by atoms with Crippen LogP contribution in [-0.2, 0) is 9.53 Å². The third kappa shape index (κ3) is 7.33. The lowest BCUT2D eigenvalue weighted by atomic mass is 10.2. The van der Waals surface area contributed by atoms with Gasteiger partial charge in [-0.25, -0.2) is 0 Å². The minimum absolute atomic E-state index is 0.146. The van der Waals surface area contributed by atoms with E-state index in [0.717, 1.165) is 0 Å². The van der Waals surface area contributed by atoms with E-state index in [1.165, 1.54) is 0 Å². The second-order valence-corrected chi connectivity index (χ2v) is 3.44. The molecular weight excluding hydrogens is 142 g/mol. The van der Waals surface area contributed by atoms with Gasteiger partial charge in [0.05, 0.1) is 6.42 Å². The van der Waals surface area contributed by atoms with Gasteiger partial charge in [0, 0.05) is 6.54 Å². The molecular formula is C8H17NO2. The molecule has 0 spiro atoms. The van der Waals surface area contributed by atoms with Crippen molar-refractivity contribution in [1.29, 1.82) is 0 Å². The van der Waals surface area contributed by atoms with Gasteiger partial charge in [0.15, 0.2) is 0 Å². The molecule has 0 aliphatic carbocycles. The van der Waals surface area contributed by atoms with Gasteiger partial charge in [-0.3, -0.25) is 4.79 Å². The zero-order valence-corrected chi connectivity index (χ0v) is 7.73. The molecule has 0 rings (SSSR count). The van der Waals surface area contributed by atoms with Gasteiger partial charge >= 0.3 is 5.97 Å². The number of hydrogen-bond acceptors (Lipinski definition) is 3. The molecule has 0 radical (unpaired) electrons. The molecule has 0 saturated heterocycles. The van der Waals surface area contributed by atoms with Crippen LogP contribution in [0.2, 0.25) is 0 Å². The van der Waals surface area contributed by atoms with Crippen LogP contribution in [0.5, 0.6) is 0 Å². The first-order valence-corrected chi connectivity index (χ1v) is 3.82. The molecule has 3 nitrogen and oxygen atoms in total. The van der Waals surface area contributed by atoms with E-state index >= 15 is 0 Å². The molecule has 0 atom stereocenters. The molecule has 0 heterocycles. The third-order valence-electron chi connectivity index (χ3n) is 0.999. The van der Waals surface area contributed by atoms with E-state index in [1.807, 2.05) is 27.8 Å². The summed E-state index contributed by atoms with van der Waals surface area (Å²) in [6, 6.07) is 0. The molecule has 0 saturated carbocycles. The van der Waals surface area contributed by atoms with Crippen LogP contribution in [0, 0.1) is 0 Å². The SMILES string of the molecule is CNCCC(=O)OC(C)(C)C. The number of hydrogen-bond donors (Lipinski definition) is 1. The highest BCUT2D eigenvalue weighted by Gasteiger charge is 2.14. The number of nitrogens with one attached hydrogen (secondary N) is 1. The number of carbonyl (C=O) groups is 1. The van der Waals surface area contributed by atoms with Crippen LogP contribution in [0.15, 0.2) is 0 Å². The Morgan fingerprint density at radius 2 is 2.00 bits per heavy atom. The summed E-state index contributed by atoms with van der Waals surface area (Å²) in [6.07, 6.45) is 0.438. The second kappa shape index (κ2) is 4.34. The lowest BCUT2D eigenvalue weighted by Gasteiger charge is -2.19. The molecule has 0 amide bonds. The monoisotopic (exact) mass is 159 g/mol. The van der Waals surface area contributed by atoms with Crippen molar-refractivity contribution in [3.8, 4) is 0 Å². The zero-order valence-electron chi connectivity index (χ0n) is 7.73. The normalized spacial score (nSPS) is 11.3. The van der Waals surface area contributed by atoms with Crippen LogP contribution >= 0.6 is 0 Å². The fourth-order valence-electron chi connectivity index (χ4n) is 0.620. The third-order valence-corrected chi connectivity index (χ3v) is 0.999. The quantitative estimate of drug-likeness (QED) is 0.623. The first-order chi connectivity index (χ1) is 4.95. The molecule has 0 aliphatic heterocycles. The average Bonchev–Trinajstić information content (AvgIpc) is 1.79. The first kappa shape index (κ1) is 10.4. The lowest BCUT2D eigenvalue weighted by Crippen LogP contribution is -2.25. The molecule has 11 heavy (non-hydrogen) atoms. The van der Waals surface area contributed by atoms with Crippen LogP contribution in [0.4, 0.5) is 0 Å². The van der Waals surface area contributed by atoms with Crippen LogP contribution in [0.25, 0.3) is 0 Å². The summed E-state index contributed by atoms with van der Waals surface area (Å²) in [5, 5.41) is 2.88. The average molecular weight is 159 g/mol. The highest BCUT2D eigenvalue weighted by atomic mass is 16.6. The minimum atomic E-state index is -0.356. The van der Waals surface area contributed by atoms with Gasteiger partial charge in [0.1, 0.15) is 5.60 Å². The molecule has 0 bridgehead atoms. The fraction of sp³-hybridized carbons (Fsp3) is 0.875. The maximum Gasteiger partial charge on any atom is 0.307 e. The van der Waals surface area contributed by atoms with Crippen molar-refractivity contribution in [2.45, 2.75) is 32.8 Å². The van der Waals surface area contributed by atoms with E-state index in [2.05, 4.69) is 5.32 Å². The molecule has 0 aromatic rings. The molecule has 0 aliphatic rings. The highest BCUT2D eigenvalue weighted by Crippen LogP contribution is 2.07. The summed E-state index contributed by atoms with van der Waals surface area (Å²) in [5.41, 5.74) is -0.356. The van der Waals surface area contributed by atoms with Gasteiger partial charge in [-0.2, -0.15) is 0 Å². The molecule has 0 fully saturated rings. The number of carbonyl (C=O) groups excluding carboxylic acids is 1. The van der Waals surface area contributed by atoms with Crippen LogP contribution in [0.1, 0.15) is 27.2 Å². The predicted molar refractivity (Wildman–Crippen MR) is 44.4 cm³/mol. The lowest BCUT2D eigenvalue weighted by molar-refractivity contribution is -0.154. The van der Waals surface area contributed by atoms with Crippen molar-refractivity contribution in [1.82, 2.24) is 5.32 Å². The molecule has 3 heteroatoms. The predicted octanol–water partition coefficient (Wildman–Crippen LogP) is 0.938. The largest absolute Gasteiger partial charge is 0.460 e. The van der Waals surface area contributed by atoms with Crippen molar-refractivity contribution in [3.63, 3.8) is 0 Å². The Morgan fingerprint density at radius 3 is 2.36 bits per heavy atom. The summed E-state index contributed by atoms with van der Waals surface area (Å²) in [4.78, 5) is 11.0. The Morgan fingerprint density at radius 1 is 1.45 bits per heavy atom. The van der Waals surface area contributed by atoms with Gasteiger partial charge in [-0.15, -0.1) is 0 Å². The summed E-state index contributed by atoms with van der Waals surface area (Å²) < 4.78 is 5.06. The molecule has 66 valence electrons. The van der Waals surface area contributed by atoms with Crippen LogP contribution in [0.3, 0.4) is 0 Å². The van der Waals surface area contributed by atoms with Crippen molar-refractivity contribution in [3.05, 3.63) is 0 Å². The Balaban J connectivity index is 3.53. The Bertz CT molecular complexity index is 127. The van der Waals surface area contributed by atoms with E-state index in [9.17, 15) is 4.79 Å². The molecule has 0 aromatic carbocycles. The fourth-order valence-corrected chi connectivity index (χ4v) is 0.620. The minimum Gasteiger partial charge on any atom is -0.460 e. The zero-order chi connectivity index (χ0) is 8.91. The van der Waals surface area contributed by atoms with Gasteiger partial charge in [0.2, 0.25) is 0 Å².